The van der Waals surface area contributed by atoms with Gasteiger partial charge in [-0.1, -0.05) is 6.07 Å². The Bertz CT molecular complexity index is 434. The molecule has 0 saturated carbocycles. The fourth-order valence-electron chi connectivity index (χ4n) is 2.46. The van der Waals surface area contributed by atoms with Gasteiger partial charge in [0.2, 0.25) is 0 Å². The fourth-order valence-corrected chi connectivity index (χ4v) is 2.46. The van der Waals surface area contributed by atoms with E-state index in [1.807, 2.05) is 6.07 Å². The van der Waals surface area contributed by atoms with E-state index in [0.717, 1.165) is 25.1 Å². The van der Waals surface area contributed by atoms with Crippen LogP contribution in [0, 0.1) is 17.0 Å². The molecule has 1 aromatic rings. The van der Waals surface area contributed by atoms with E-state index in [1.165, 1.54) is 6.07 Å². The van der Waals surface area contributed by atoms with Gasteiger partial charge in [-0.25, -0.2) is 0 Å². The topological polar surface area (TPSA) is 66.6 Å². The molecule has 1 heterocycles. The van der Waals surface area contributed by atoms with Crippen LogP contribution in [0.25, 0.3) is 0 Å². The summed E-state index contributed by atoms with van der Waals surface area (Å²) in [6, 6.07) is 5.20. The van der Waals surface area contributed by atoms with Gasteiger partial charge in [-0.15, -0.1) is 0 Å². The average Bonchev–Trinajstić information content (AvgIpc) is 2.76. The number of nitro benzene ring substituents is 1. The molecule has 1 N–H and O–H groups in total. The van der Waals surface area contributed by atoms with Crippen LogP contribution in [0.2, 0.25) is 0 Å². The van der Waals surface area contributed by atoms with E-state index in [9.17, 15) is 15.2 Å². The van der Waals surface area contributed by atoms with Crippen LogP contribution < -0.4 is 4.90 Å². The Labute approximate surface area is 99.8 Å². The molecule has 0 radical (unpaired) electrons. The first kappa shape index (κ1) is 11.9. The molecule has 0 bridgehead atoms. The summed E-state index contributed by atoms with van der Waals surface area (Å²) in [5.74, 6) is 0. The van der Waals surface area contributed by atoms with Crippen LogP contribution in [0.5, 0.6) is 0 Å². The number of aliphatic hydroxyl groups excluding tert-OH is 1. The number of hydrogen-bond acceptors (Lipinski definition) is 4. The lowest BCUT2D eigenvalue weighted by Crippen LogP contribution is -2.32. The average molecular weight is 236 g/mol. The molecule has 0 aromatic heterocycles. The number of rotatable bonds is 3. The zero-order valence-electron chi connectivity index (χ0n) is 9.80. The standard InChI is InChI=1S/C12H16N2O3/c1-9-11(5-2-6-12(9)14(16)17)13-7-3-4-10(13)8-15/h2,5-6,10,15H,3-4,7-8H2,1H3. The maximum absolute atomic E-state index is 10.9. The van der Waals surface area contributed by atoms with Crippen molar-refractivity contribution in [2.75, 3.05) is 18.1 Å². The van der Waals surface area contributed by atoms with Crippen LogP contribution in [0.3, 0.4) is 0 Å². The second-order valence-corrected chi connectivity index (χ2v) is 4.35. The third-order valence-electron chi connectivity index (χ3n) is 3.37. The van der Waals surface area contributed by atoms with Crippen molar-refractivity contribution in [2.45, 2.75) is 25.8 Å². The second kappa shape index (κ2) is 4.71. The van der Waals surface area contributed by atoms with Gasteiger partial charge in [-0.3, -0.25) is 10.1 Å². The van der Waals surface area contributed by atoms with Crippen LogP contribution in [0.4, 0.5) is 11.4 Å². The van der Waals surface area contributed by atoms with Gasteiger partial charge in [-0.05, 0) is 25.8 Å². The predicted octanol–water partition coefficient (Wildman–Crippen LogP) is 1.86. The van der Waals surface area contributed by atoms with Crippen molar-refractivity contribution in [1.82, 2.24) is 0 Å². The molecule has 17 heavy (non-hydrogen) atoms. The summed E-state index contributed by atoms with van der Waals surface area (Å²) in [6.45, 7) is 2.72. The molecular weight excluding hydrogens is 220 g/mol. The molecule has 5 nitrogen and oxygen atoms in total. The Hall–Kier alpha value is -1.62. The normalized spacial score (nSPS) is 19.6. The molecule has 1 aliphatic rings. The highest BCUT2D eigenvalue weighted by Crippen LogP contribution is 2.32. The van der Waals surface area contributed by atoms with Gasteiger partial charge in [-0.2, -0.15) is 0 Å². The molecule has 0 spiro atoms. The summed E-state index contributed by atoms with van der Waals surface area (Å²) in [5, 5.41) is 20.2. The summed E-state index contributed by atoms with van der Waals surface area (Å²) in [7, 11) is 0. The number of benzene rings is 1. The highest BCUT2D eigenvalue weighted by atomic mass is 16.6. The van der Waals surface area contributed by atoms with Gasteiger partial charge in [0.15, 0.2) is 0 Å². The van der Waals surface area contributed by atoms with Gasteiger partial charge < -0.3 is 10.0 Å². The maximum atomic E-state index is 10.9. The number of nitrogens with zero attached hydrogens (tertiary/aromatic N) is 2. The molecule has 0 aliphatic carbocycles. The summed E-state index contributed by atoms with van der Waals surface area (Å²) >= 11 is 0. The third kappa shape index (κ3) is 2.10. The van der Waals surface area contributed by atoms with Crippen LogP contribution in [0.15, 0.2) is 18.2 Å². The van der Waals surface area contributed by atoms with Gasteiger partial charge in [0, 0.05) is 18.3 Å². The minimum Gasteiger partial charge on any atom is -0.394 e. The SMILES string of the molecule is Cc1c(N2CCCC2CO)cccc1[N+](=O)[O-]. The highest BCUT2D eigenvalue weighted by molar-refractivity contribution is 5.62. The first-order valence-electron chi connectivity index (χ1n) is 5.76. The Morgan fingerprint density at radius 3 is 3.00 bits per heavy atom. The highest BCUT2D eigenvalue weighted by Gasteiger charge is 2.27. The summed E-state index contributed by atoms with van der Waals surface area (Å²) in [6.07, 6.45) is 1.96. The molecule has 1 saturated heterocycles. The summed E-state index contributed by atoms with van der Waals surface area (Å²) in [5.41, 5.74) is 1.69. The molecule has 1 aromatic carbocycles. The minimum absolute atomic E-state index is 0.0932. The fraction of sp³-hybridized carbons (Fsp3) is 0.500. The van der Waals surface area contributed by atoms with Crippen LogP contribution >= 0.6 is 0 Å². The van der Waals surface area contributed by atoms with E-state index in [0.29, 0.717) is 5.56 Å². The van der Waals surface area contributed by atoms with E-state index in [1.54, 1.807) is 13.0 Å². The zero-order valence-corrected chi connectivity index (χ0v) is 9.80. The molecule has 1 fully saturated rings. The van der Waals surface area contributed by atoms with E-state index >= 15 is 0 Å². The lowest BCUT2D eigenvalue weighted by atomic mass is 10.1. The number of hydrogen-bond donors (Lipinski definition) is 1. The third-order valence-corrected chi connectivity index (χ3v) is 3.37. The lowest BCUT2D eigenvalue weighted by Gasteiger charge is -2.26. The van der Waals surface area contributed by atoms with Crippen LogP contribution in [0.1, 0.15) is 18.4 Å². The van der Waals surface area contributed by atoms with Crippen molar-refractivity contribution in [2.24, 2.45) is 0 Å². The van der Waals surface area contributed by atoms with Crippen molar-refractivity contribution in [3.8, 4) is 0 Å². The van der Waals surface area contributed by atoms with Crippen molar-refractivity contribution in [1.29, 1.82) is 0 Å². The van der Waals surface area contributed by atoms with E-state index in [-0.39, 0.29) is 23.3 Å². The molecule has 1 atom stereocenters. The molecule has 1 aliphatic heterocycles. The van der Waals surface area contributed by atoms with Gasteiger partial charge in [0.25, 0.3) is 5.69 Å². The van der Waals surface area contributed by atoms with Crippen molar-refractivity contribution < 1.29 is 10.0 Å². The molecule has 2 rings (SSSR count). The minimum atomic E-state index is -0.358. The number of aliphatic hydroxyl groups is 1. The Kier molecular flexibility index (Phi) is 3.28. The monoisotopic (exact) mass is 236 g/mol. The maximum Gasteiger partial charge on any atom is 0.274 e. The summed E-state index contributed by atoms with van der Waals surface area (Å²) < 4.78 is 0. The number of nitro groups is 1. The van der Waals surface area contributed by atoms with Crippen molar-refractivity contribution >= 4 is 11.4 Å². The Morgan fingerprint density at radius 1 is 1.59 bits per heavy atom. The van der Waals surface area contributed by atoms with Crippen molar-refractivity contribution in [3.05, 3.63) is 33.9 Å². The second-order valence-electron chi connectivity index (χ2n) is 4.35. The predicted molar refractivity (Wildman–Crippen MR) is 65.3 cm³/mol. The largest absolute Gasteiger partial charge is 0.394 e. The molecule has 5 heteroatoms. The molecular formula is C12H16N2O3. The number of anilines is 1. The van der Waals surface area contributed by atoms with E-state index in [2.05, 4.69) is 4.90 Å². The zero-order chi connectivity index (χ0) is 12.4. The molecule has 0 amide bonds. The van der Waals surface area contributed by atoms with Gasteiger partial charge >= 0.3 is 0 Å². The summed E-state index contributed by atoms with van der Waals surface area (Å²) in [4.78, 5) is 12.6. The van der Waals surface area contributed by atoms with E-state index < -0.39 is 0 Å². The van der Waals surface area contributed by atoms with Crippen LogP contribution in [-0.2, 0) is 0 Å². The quantitative estimate of drug-likeness (QED) is 0.642. The van der Waals surface area contributed by atoms with Gasteiger partial charge in [0.1, 0.15) is 0 Å². The van der Waals surface area contributed by atoms with Crippen molar-refractivity contribution in [3.63, 3.8) is 0 Å². The first-order chi connectivity index (χ1) is 8.15. The van der Waals surface area contributed by atoms with Crippen LogP contribution in [-0.4, -0.2) is 29.2 Å². The Balaban J connectivity index is 2.38. The van der Waals surface area contributed by atoms with E-state index in [4.69, 9.17) is 0 Å². The Morgan fingerprint density at radius 2 is 2.35 bits per heavy atom. The molecule has 1 unspecified atom stereocenters. The first-order valence-corrected chi connectivity index (χ1v) is 5.76. The molecule has 92 valence electrons. The lowest BCUT2D eigenvalue weighted by molar-refractivity contribution is -0.385. The smallest absolute Gasteiger partial charge is 0.274 e. The van der Waals surface area contributed by atoms with Gasteiger partial charge in [0.05, 0.1) is 23.1 Å².